The van der Waals surface area contributed by atoms with Gasteiger partial charge in [0.25, 0.3) is 0 Å². The number of aryl methyl sites for hydroxylation is 1. The Morgan fingerprint density at radius 3 is 2.75 bits per heavy atom. The lowest BCUT2D eigenvalue weighted by Gasteiger charge is -2.17. The highest BCUT2D eigenvalue weighted by atomic mass is 32.2. The van der Waals surface area contributed by atoms with E-state index < -0.39 is 0 Å². The Balaban J connectivity index is 1.93. The second-order valence-corrected chi connectivity index (χ2v) is 5.81. The summed E-state index contributed by atoms with van der Waals surface area (Å²) in [7, 11) is 0. The van der Waals surface area contributed by atoms with Gasteiger partial charge in [0, 0.05) is 42.0 Å². The fourth-order valence-corrected chi connectivity index (χ4v) is 3.21. The van der Waals surface area contributed by atoms with Crippen molar-refractivity contribution in [1.29, 1.82) is 0 Å². The predicted molar refractivity (Wildman–Crippen MR) is 86.2 cm³/mol. The van der Waals surface area contributed by atoms with Gasteiger partial charge in [-0.15, -0.1) is 11.8 Å². The third-order valence-electron chi connectivity index (χ3n) is 3.26. The van der Waals surface area contributed by atoms with Crippen LogP contribution in [0.15, 0.2) is 47.6 Å². The first-order valence-corrected chi connectivity index (χ1v) is 8.23. The highest BCUT2D eigenvalue weighted by Gasteiger charge is 2.12. The van der Waals surface area contributed by atoms with E-state index in [1.165, 1.54) is 10.7 Å². The van der Waals surface area contributed by atoms with Crippen molar-refractivity contribution in [2.24, 2.45) is 0 Å². The Labute approximate surface area is 125 Å². The van der Waals surface area contributed by atoms with Gasteiger partial charge in [0.15, 0.2) is 0 Å². The number of nitrogens with one attached hydrogen (secondary N) is 1. The van der Waals surface area contributed by atoms with Crippen LogP contribution in [0.1, 0.15) is 19.7 Å². The summed E-state index contributed by atoms with van der Waals surface area (Å²) in [6.07, 6.45) is 4.93. The Kier molecular flexibility index (Phi) is 6.15. The molecule has 1 aromatic heterocycles. The van der Waals surface area contributed by atoms with E-state index in [1.807, 2.05) is 18.0 Å². The fraction of sp³-hybridized carbons (Fsp3) is 0.438. The van der Waals surface area contributed by atoms with E-state index in [-0.39, 0.29) is 0 Å². The molecule has 0 saturated heterocycles. The van der Waals surface area contributed by atoms with E-state index in [9.17, 15) is 0 Å². The molecule has 0 bridgehead atoms. The van der Waals surface area contributed by atoms with Gasteiger partial charge in [-0.3, -0.25) is 0 Å². The molecule has 0 fully saturated rings. The molecule has 3 nitrogen and oxygen atoms in total. The number of likely N-dealkylation sites (N-methyl/N-ethyl adjacent to an activating group) is 1. The summed E-state index contributed by atoms with van der Waals surface area (Å²) in [5, 5.41) is 3.57. The average Bonchev–Trinajstić information content (AvgIpc) is 2.93. The normalized spacial score (nSPS) is 12.5. The molecule has 0 spiro atoms. The molecule has 1 unspecified atom stereocenters. The zero-order valence-corrected chi connectivity index (χ0v) is 13.1. The van der Waals surface area contributed by atoms with E-state index in [1.54, 1.807) is 0 Å². The molecule has 0 amide bonds. The summed E-state index contributed by atoms with van der Waals surface area (Å²) in [6.45, 7) is 6.30. The van der Waals surface area contributed by atoms with Gasteiger partial charge in [0.05, 0.1) is 0 Å². The monoisotopic (exact) mass is 289 g/mol. The van der Waals surface area contributed by atoms with Crippen LogP contribution in [-0.2, 0) is 13.0 Å². The Morgan fingerprint density at radius 2 is 2.05 bits per heavy atom. The lowest BCUT2D eigenvalue weighted by Crippen LogP contribution is -2.34. The Morgan fingerprint density at radius 1 is 1.25 bits per heavy atom. The quantitative estimate of drug-likeness (QED) is 0.757. The van der Waals surface area contributed by atoms with Crippen molar-refractivity contribution in [2.75, 3.05) is 12.3 Å². The van der Waals surface area contributed by atoms with Crippen LogP contribution in [0.3, 0.4) is 0 Å². The molecule has 0 aliphatic rings. The molecule has 1 aromatic carbocycles. The summed E-state index contributed by atoms with van der Waals surface area (Å²) >= 11 is 1.90. The highest BCUT2D eigenvalue weighted by molar-refractivity contribution is 7.99. The van der Waals surface area contributed by atoms with E-state index in [0.29, 0.717) is 6.04 Å². The van der Waals surface area contributed by atoms with Crippen LogP contribution in [0.2, 0.25) is 0 Å². The zero-order chi connectivity index (χ0) is 14.2. The van der Waals surface area contributed by atoms with Crippen molar-refractivity contribution in [3.8, 4) is 0 Å². The lowest BCUT2D eigenvalue weighted by atomic mass is 10.2. The average molecular weight is 289 g/mol. The van der Waals surface area contributed by atoms with E-state index in [4.69, 9.17) is 0 Å². The third-order valence-corrected chi connectivity index (χ3v) is 4.43. The Bertz CT molecular complexity index is 495. The van der Waals surface area contributed by atoms with Crippen LogP contribution in [0, 0.1) is 0 Å². The summed E-state index contributed by atoms with van der Waals surface area (Å²) in [4.78, 5) is 5.81. The van der Waals surface area contributed by atoms with Crippen molar-refractivity contribution in [3.05, 3.63) is 48.5 Å². The minimum Gasteiger partial charge on any atom is -0.335 e. The van der Waals surface area contributed by atoms with Crippen LogP contribution in [0.5, 0.6) is 0 Å². The molecule has 0 aliphatic heterocycles. The van der Waals surface area contributed by atoms with E-state index in [2.05, 4.69) is 65.2 Å². The van der Waals surface area contributed by atoms with Crippen molar-refractivity contribution in [2.45, 2.75) is 37.8 Å². The fourth-order valence-electron chi connectivity index (χ4n) is 2.23. The van der Waals surface area contributed by atoms with Crippen LogP contribution >= 0.6 is 11.8 Å². The molecule has 1 heterocycles. The SMILES string of the molecule is CCNC(CSc1ccccc1)Cc1nccn1CC. The van der Waals surface area contributed by atoms with Crippen LogP contribution in [0.25, 0.3) is 0 Å². The number of hydrogen-bond donors (Lipinski definition) is 1. The minimum absolute atomic E-state index is 0.456. The number of aromatic nitrogens is 2. The molecule has 1 atom stereocenters. The van der Waals surface area contributed by atoms with Crippen LogP contribution < -0.4 is 5.32 Å². The van der Waals surface area contributed by atoms with Crippen molar-refractivity contribution in [3.63, 3.8) is 0 Å². The second kappa shape index (κ2) is 8.12. The minimum atomic E-state index is 0.456. The molecule has 0 aliphatic carbocycles. The van der Waals surface area contributed by atoms with Crippen LogP contribution in [0.4, 0.5) is 0 Å². The topological polar surface area (TPSA) is 29.9 Å². The number of benzene rings is 1. The molecular weight excluding hydrogens is 266 g/mol. The van der Waals surface area contributed by atoms with Gasteiger partial charge in [0.2, 0.25) is 0 Å². The maximum Gasteiger partial charge on any atom is 0.110 e. The smallest absolute Gasteiger partial charge is 0.110 e. The number of hydrogen-bond acceptors (Lipinski definition) is 3. The largest absolute Gasteiger partial charge is 0.335 e. The lowest BCUT2D eigenvalue weighted by molar-refractivity contribution is 0.542. The van der Waals surface area contributed by atoms with Crippen molar-refractivity contribution < 1.29 is 0 Å². The molecule has 2 rings (SSSR count). The molecule has 108 valence electrons. The molecule has 0 saturated carbocycles. The van der Waals surface area contributed by atoms with Crippen molar-refractivity contribution in [1.82, 2.24) is 14.9 Å². The second-order valence-electron chi connectivity index (χ2n) is 4.71. The van der Waals surface area contributed by atoms with Crippen LogP contribution in [-0.4, -0.2) is 27.9 Å². The van der Waals surface area contributed by atoms with Gasteiger partial charge in [0.1, 0.15) is 5.82 Å². The molecule has 4 heteroatoms. The van der Waals surface area contributed by atoms with Gasteiger partial charge in [-0.1, -0.05) is 25.1 Å². The first-order valence-electron chi connectivity index (χ1n) is 7.24. The maximum atomic E-state index is 4.48. The number of rotatable bonds is 8. The molecule has 1 N–H and O–H groups in total. The van der Waals surface area contributed by atoms with Crippen molar-refractivity contribution >= 4 is 11.8 Å². The Hall–Kier alpha value is -1.26. The van der Waals surface area contributed by atoms with Gasteiger partial charge in [-0.25, -0.2) is 4.98 Å². The van der Waals surface area contributed by atoms with Gasteiger partial charge < -0.3 is 9.88 Å². The summed E-state index contributed by atoms with van der Waals surface area (Å²) in [5.74, 6) is 2.24. The van der Waals surface area contributed by atoms with Gasteiger partial charge in [-0.05, 0) is 25.6 Å². The summed E-state index contributed by atoms with van der Waals surface area (Å²) < 4.78 is 2.22. The van der Waals surface area contributed by atoms with E-state index >= 15 is 0 Å². The third kappa shape index (κ3) is 4.39. The molecule has 2 aromatic rings. The molecular formula is C16H23N3S. The van der Waals surface area contributed by atoms with E-state index in [0.717, 1.165) is 25.3 Å². The summed E-state index contributed by atoms with van der Waals surface area (Å²) in [5.41, 5.74) is 0. The highest BCUT2D eigenvalue weighted by Crippen LogP contribution is 2.19. The van der Waals surface area contributed by atoms with Gasteiger partial charge in [-0.2, -0.15) is 0 Å². The van der Waals surface area contributed by atoms with Gasteiger partial charge >= 0.3 is 0 Å². The number of imidazole rings is 1. The summed E-state index contributed by atoms with van der Waals surface area (Å²) in [6, 6.07) is 11.0. The molecule has 20 heavy (non-hydrogen) atoms. The standard InChI is InChI=1S/C16H23N3S/c1-3-17-14(12-16-18-10-11-19(16)4-2)13-20-15-8-6-5-7-9-15/h5-11,14,17H,3-4,12-13H2,1-2H3. The maximum absolute atomic E-state index is 4.48. The number of nitrogens with zero attached hydrogens (tertiary/aromatic N) is 2. The molecule has 0 radical (unpaired) electrons. The first-order chi connectivity index (χ1) is 9.83. The predicted octanol–water partition coefficient (Wildman–Crippen LogP) is 3.22. The zero-order valence-electron chi connectivity index (χ0n) is 12.2. The first kappa shape index (κ1) is 15.1. The number of thioether (sulfide) groups is 1.